The van der Waals surface area contributed by atoms with Crippen LogP contribution in [0.2, 0.25) is 0 Å². The van der Waals surface area contributed by atoms with E-state index >= 15 is 0 Å². The Morgan fingerprint density at radius 1 is 1.71 bits per heavy atom. The van der Waals surface area contributed by atoms with Crippen molar-refractivity contribution in [3.8, 4) is 0 Å². The molecule has 14 heavy (non-hydrogen) atoms. The fraction of sp³-hybridized carbons (Fsp3) is 0.727. The van der Waals surface area contributed by atoms with Gasteiger partial charge in [0, 0.05) is 6.04 Å². The van der Waals surface area contributed by atoms with E-state index in [1.807, 2.05) is 6.08 Å². The van der Waals surface area contributed by atoms with Crippen LogP contribution in [-0.2, 0) is 9.53 Å². The molecule has 3 heteroatoms. The molecule has 0 aromatic rings. The third-order valence-electron chi connectivity index (χ3n) is 2.97. The van der Waals surface area contributed by atoms with Crippen LogP contribution >= 0.6 is 0 Å². The molecule has 0 radical (unpaired) electrons. The summed E-state index contributed by atoms with van der Waals surface area (Å²) in [5, 5.41) is 0. The van der Waals surface area contributed by atoms with Gasteiger partial charge in [-0.1, -0.05) is 6.08 Å². The van der Waals surface area contributed by atoms with Crippen LogP contribution in [0.15, 0.2) is 12.7 Å². The zero-order chi connectivity index (χ0) is 10.6. The van der Waals surface area contributed by atoms with Crippen LogP contribution in [0.1, 0.15) is 19.3 Å². The average Bonchev–Trinajstić information content (AvgIpc) is 2.20. The fourth-order valence-corrected chi connectivity index (χ4v) is 2.17. The predicted octanol–water partition coefficient (Wildman–Crippen LogP) is 1.45. The maximum absolute atomic E-state index is 11.5. The standard InChI is InChI=1S/C11H19NO2/c1-4-6-10-9(11(13)14-3)7-5-8-12(10)2/h4,9-10H,1,5-8H2,2-3H3. The molecule has 2 unspecified atom stereocenters. The Balaban J connectivity index is 2.68. The number of piperidine rings is 1. The largest absolute Gasteiger partial charge is 0.469 e. The molecule has 1 rings (SSSR count). The summed E-state index contributed by atoms with van der Waals surface area (Å²) in [6, 6.07) is 0.272. The first kappa shape index (κ1) is 11.2. The van der Waals surface area contributed by atoms with E-state index < -0.39 is 0 Å². The molecule has 0 aromatic heterocycles. The molecule has 0 aliphatic carbocycles. The van der Waals surface area contributed by atoms with E-state index in [1.165, 1.54) is 7.11 Å². The molecule has 0 bridgehead atoms. The minimum Gasteiger partial charge on any atom is -0.469 e. The highest BCUT2D eigenvalue weighted by atomic mass is 16.5. The zero-order valence-electron chi connectivity index (χ0n) is 9.03. The first-order chi connectivity index (χ1) is 6.70. The number of hydrogen-bond acceptors (Lipinski definition) is 3. The van der Waals surface area contributed by atoms with E-state index in [2.05, 4.69) is 18.5 Å². The lowest BCUT2D eigenvalue weighted by Crippen LogP contribution is -2.45. The van der Waals surface area contributed by atoms with Gasteiger partial charge in [0.2, 0.25) is 0 Å². The van der Waals surface area contributed by atoms with Crippen molar-refractivity contribution in [3.05, 3.63) is 12.7 Å². The molecule has 1 aliphatic rings. The lowest BCUT2D eigenvalue weighted by Gasteiger charge is -2.37. The van der Waals surface area contributed by atoms with Gasteiger partial charge in [0.15, 0.2) is 0 Å². The van der Waals surface area contributed by atoms with Crippen molar-refractivity contribution in [3.63, 3.8) is 0 Å². The molecule has 1 fully saturated rings. The molecular weight excluding hydrogens is 178 g/mol. The van der Waals surface area contributed by atoms with E-state index in [-0.39, 0.29) is 17.9 Å². The van der Waals surface area contributed by atoms with Gasteiger partial charge in [-0.25, -0.2) is 0 Å². The first-order valence-electron chi connectivity index (χ1n) is 5.09. The minimum atomic E-state index is -0.0802. The van der Waals surface area contributed by atoms with Gasteiger partial charge in [0.05, 0.1) is 13.0 Å². The Bertz CT molecular complexity index is 215. The second kappa shape index (κ2) is 5.15. The molecule has 80 valence electrons. The third-order valence-corrected chi connectivity index (χ3v) is 2.97. The van der Waals surface area contributed by atoms with E-state index in [1.54, 1.807) is 0 Å². The van der Waals surface area contributed by atoms with E-state index in [4.69, 9.17) is 4.74 Å². The molecule has 1 saturated heterocycles. The summed E-state index contributed by atoms with van der Waals surface area (Å²) in [5.74, 6) is -0.0554. The van der Waals surface area contributed by atoms with E-state index in [0.717, 1.165) is 25.8 Å². The Morgan fingerprint density at radius 2 is 2.43 bits per heavy atom. The summed E-state index contributed by atoms with van der Waals surface area (Å²) in [6.07, 6.45) is 4.75. The molecule has 0 N–H and O–H groups in total. The number of nitrogens with zero attached hydrogens (tertiary/aromatic N) is 1. The number of rotatable bonds is 3. The maximum atomic E-state index is 11.5. The molecule has 1 aliphatic heterocycles. The second-order valence-electron chi connectivity index (χ2n) is 3.84. The van der Waals surface area contributed by atoms with Crippen molar-refractivity contribution in [1.82, 2.24) is 4.90 Å². The molecule has 3 nitrogen and oxygen atoms in total. The predicted molar refractivity (Wildman–Crippen MR) is 56.0 cm³/mol. The second-order valence-corrected chi connectivity index (χ2v) is 3.84. The highest BCUT2D eigenvalue weighted by molar-refractivity contribution is 5.73. The quantitative estimate of drug-likeness (QED) is 0.506. The fourth-order valence-electron chi connectivity index (χ4n) is 2.17. The van der Waals surface area contributed by atoms with Gasteiger partial charge in [-0.15, -0.1) is 6.58 Å². The summed E-state index contributed by atoms with van der Waals surface area (Å²) in [5.41, 5.74) is 0. The van der Waals surface area contributed by atoms with Crippen molar-refractivity contribution in [2.24, 2.45) is 5.92 Å². The van der Waals surface area contributed by atoms with Gasteiger partial charge in [-0.05, 0) is 32.9 Å². The lowest BCUT2D eigenvalue weighted by molar-refractivity contribution is -0.149. The smallest absolute Gasteiger partial charge is 0.310 e. The molecule has 0 amide bonds. The van der Waals surface area contributed by atoms with Crippen LogP contribution in [-0.4, -0.2) is 37.6 Å². The van der Waals surface area contributed by atoms with E-state index in [9.17, 15) is 4.79 Å². The van der Waals surface area contributed by atoms with Crippen LogP contribution in [0.5, 0.6) is 0 Å². The van der Waals surface area contributed by atoms with Crippen molar-refractivity contribution < 1.29 is 9.53 Å². The summed E-state index contributed by atoms with van der Waals surface area (Å²) >= 11 is 0. The Kier molecular flexibility index (Phi) is 4.14. The summed E-state index contributed by atoms with van der Waals surface area (Å²) in [6.45, 7) is 4.79. The molecular formula is C11H19NO2. The first-order valence-corrected chi connectivity index (χ1v) is 5.09. The number of hydrogen-bond donors (Lipinski definition) is 0. The average molecular weight is 197 g/mol. The van der Waals surface area contributed by atoms with Gasteiger partial charge in [-0.2, -0.15) is 0 Å². The number of carbonyl (C=O) groups is 1. The van der Waals surface area contributed by atoms with Crippen molar-refractivity contribution in [1.29, 1.82) is 0 Å². The monoisotopic (exact) mass is 197 g/mol. The maximum Gasteiger partial charge on any atom is 0.310 e. The van der Waals surface area contributed by atoms with Gasteiger partial charge in [0.1, 0.15) is 0 Å². The van der Waals surface area contributed by atoms with Crippen LogP contribution in [0.3, 0.4) is 0 Å². The number of ether oxygens (including phenoxy) is 1. The van der Waals surface area contributed by atoms with Gasteiger partial charge in [0.25, 0.3) is 0 Å². The number of methoxy groups -OCH3 is 1. The summed E-state index contributed by atoms with van der Waals surface area (Å²) < 4.78 is 4.81. The van der Waals surface area contributed by atoms with Crippen LogP contribution in [0.25, 0.3) is 0 Å². The normalized spacial score (nSPS) is 28.4. The topological polar surface area (TPSA) is 29.5 Å². The van der Waals surface area contributed by atoms with Gasteiger partial charge < -0.3 is 9.64 Å². The highest BCUT2D eigenvalue weighted by Gasteiger charge is 2.33. The third kappa shape index (κ3) is 2.35. The van der Waals surface area contributed by atoms with E-state index in [0.29, 0.717) is 0 Å². The molecule has 1 heterocycles. The minimum absolute atomic E-state index is 0.0248. The number of carbonyl (C=O) groups excluding carboxylic acids is 1. The molecule has 2 atom stereocenters. The van der Waals surface area contributed by atoms with Crippen LogP contribution in [0.4, 0.5) is 0 Å². The molecule has 0 saturated carbocycles. The Hall–Kier alpha value is -0.830. The van der Waals surface area contributed by atoms with Crippen molar-refractivity contribution >= 4 is 5.97 Å². The van der Waals surface area contributed by atoms with Gasteiger partial charge in [-0.3, -0.25) is 4.79 Å². The summed E-state index contributed by atoms with van der Waals surface area (Å²) in [7, 11) is 3.52. The highest BCUT2D eigenvalue weighted by Crippen LogP contribution is 2.25. The zero-order valence-corrected chi connectivity index (χ0v) is 9.03. The SMILES string of the molecule is C=CCC1C(C(=O)OC)CCCN1C. The number of esters is 1. The summed E-state index contributed by atoms with van der Waals surface area (Å²) in [4.78, 5) is 13.7. The lowest BCUT2D eigenvalue weighted by atomic mass is 9.87. The van der Waals surface area contributed by atoms with Crippen molar-refractivity contribution in [2.45, 2.75) is 25.3 Å². The van der Waals surface area contributed by atoms with Gasteiger partial charge >= 0.3 is 5.97 Å². The molecule has 0 aromatic carbocycles. The molecule has 0 spiro atoms. The van der Waals surface area contributed by atoms with Crippen LogP contribution < -0.4 is 0 Å². The Morgan fingerprint density at radius 3 is 3.00 bits per heavy atom. The Labute approximate surface area is 85.7 Å². The van der Waals surface area contributed by atoms with Crippen molar-refractivity contribution in [2.75, 3.05) is 20.7 Å². The van der Waals surface area contributed by atoms with Crippen LogP contribution in [0, 0.1) is 5.92 Å². The number of likely N-dealkylation sites (tertiary alicyclic amines) is 1.